The van der Waals surface area contributed by atoms with Gasteiger partial charge in [-0.2, -0.15) is 0 Å². The standard InChI is InChI=1S/C12H15F2N/c1-8-3-2-4-12(15-8)9-5-10(13)7-11(14)6-9/h5-8,12,15H,2-4H2,1H3. The molecule has 1 aliphatic rings. The molecule has 1 aromatic carbocycles. The Bertz CT molecular complexity index is 331. The molecule has 0 bridgehead atoms. The third kappa shape index (κ3) is 2.53. The van der Waals surface area contributed by atoms with Crippen molar-refractivity contribution < 1.29 is 8.78 Å². The molecular weight excluding hydrogens is 196 g/mol. The quantitative estimate of drug-likeness (QED) is 0.752. The Balaban J connectivity index is 2.20. The molecule has 82 valence electrons. The second kappa shape index (κ2) is 4.27. The van der Waals surface area contributed by atoms with Gasteiger partial charge in [-0.05, 0) is 37.5 Å². The predicted octanol–water partition coefficient (Wildman–Crippen LogP) is 3.17. The van der Waals surface area contributed by atoms with Crippen molar-refractivity contribution >= 4 is 0 Å². The highest BCUT2D eigenvalue weighted by atomic mass is 19.1. The van der Waals surface area contributed by atoms with Gasteiger partial charge in [-0.3, -0.25) is 0 Å². The molecule has 0 aliphatic carbocycles. The SMILES string of the molecule is CC1CCCC(c2cc(F)cc(F)c2)N1. The van der Waals surface area contributed by atoms with Gasteiger partial charge in [0.1, 0.15) is 11.6 Å². The lowest BCUT2D eigenvalue weighted by molar-refractivity contribution is 0.339. The van der Waals surface area contributed by atoms with Crippen LogP contribution in [0.15, 0.2) is 18.2 Å². The molecule has 3 heteroatoms. The van der Waals surface area contributed by atoms with Crippen LogP contribution in [0.4, 0.5) is 8.78 Å². The van der Waals surface area contributed by atoms with E-state index >= 15 is 0 Å². The maximum absolute atomic E-state index is 13.0. The molecule has 1 nitrogen and oxygen atoms in total. The fourth-order valence-corrected chi connectivity index (χ4v) is 2.18. The minimum atomic E-state index is -0.495. The first-order chi connectivity index (χ1) is 7.15. The topological polar surface area (TPSA) is 12.0 Å². The first-order valence-electron chi connectivity index (χ1n) is 5.37. The number of piperidine rings is 1. The Labute approximate surface area is 88.5 Å². The summed E-state index contributed by atoms with van der Waals surface area (Å²) in [7, 11) is 0. The largest absolute Gasteiger partial charge is 0.307 e. The highest BCUT2D eigenvalue weighted by Gasteiger charge is 2.20. The lowest BCUT2D eigenvalue weighted by Crippen LogP contribution is -2.34. The molecule has 0 radical (unpaired) electrons. The number of halogens is 2. The number of hydrogen-bond donors (Lipinski definition) is 1. The molecule has 1 fully saturated rings. The van der Waals surface area contributed by atoms with Gasteiger partial charge in [0.15, 0.2) is 0 Å². The van der Waals surface area contributed by atoms with Gasteiger partial charge in [0, 0.05) is 18.2 Å². The van der Waals surface area contributed by atoms with E-state index in [0.717, 1.165) is 30.9 Å². The molecule has 2 atom stereocenters. The Morgan fingerprint density at radius 2 is 1.80 bits per heavy atom. The predicted molar refractivity (Wildman–Crippen MR) is 55.5 cm³/mol. The summed E-state index contributed by atoms with van der Waals surface area (Å²) in [5.74, 6) is -0.991. The fraction of sp³-hybridized carbons (Fsp3) is 0.500. The zero-order valence-corrected chi connectivity index (χ0v) is 8.76. The van der Waals surface area contributed by atoms with Crippen molar-refractivity contribution in [2.24, 2.45) is 0 Å². The van der Waals surface area contributed by atoms with Crippen molar-refractivity contribution in [3.8, 4) is 0 Å². The van der Waals surface area contributed by atoms with Gasteiger partial charge in [-0.1, -0.05) is 6.42 Å². The van der Waals surface area contributed by atoms with Crippen LogP contribution in [-0.2, 0) is 0 Å². The molecule has 0 aromatic heterocycles. The van der Waals surface area contributed by atoms with Crippen molar-refractivity contribution in [1.29, 1.82) is 0 Å². The van der Waals surface area contributed by atoms with E-state index in [1.807, 2.05) is 0 Å². The van der Waals surface area contributed by atoms with Crippen molar-refractivity contribution in [3.63, 3.8) is 0 Å². The van der Waals surface area contributed by atoms with E-state index in [1.54, 1.807) is 0 Å². The van der Waals surface area contributed by atoms with E-state index in [4.69, 9.17) is 0 Å². The lowest BCUT2D eigenvalue weighted by atomic mass is 9.94. The first-order valence-corrected chi connectivity index (χ1v) is 5.37. The Morgan fingerprint density at radius 1 is 1.13 bits per heavy atom. The minimum absolute atomic E-state index is 0.0962. The Kier molecular flexibility index (Phi) is 3.00. The monoisotopic (exact) mass is 211 g/mol. The zero-order valence-electron chi connectivity index (χ0n) is 8.76. The molecule has 1 aliphatic heterocycles. The smallest absolute Gasteiger partial charge is 0.126 e. The van der Waals surface area contributed by atoms with Gasteiger partial charge in [0.05, 0.1) is 0 Å². The van der Waals surface area contributed by atoms with E-state index < -0.39 is 11.6 Å². The third-order valence-electron chi connectivity index (χ3n) is 2.90. The van der Waals surface area contributed by atoms with Crippen LogP contribution >= 0.6 is 0 Å². The molecule has 1 heterocycles. The highest BCUT2D eigenvalue weighted by molar-refractivity contribution is 5.22. The van der Waals surface area contributed by atoms with Crippen molar-refractivity contribution in [2.75, 3.05) is 0 Å². The normalized spacial score (nSPS) is 26.6. The maximum Gasteiger partial charge on any atom is 0.126 e. The lowest BCUT2D eigenvalue weighted by Gasteiger charge is -2.29. The third-order valence-corrected chi connectivity index (χ3v) is 2.90. The number of nitrogens with one attached hydrogen (secondary N) is 1. The fourth-order valence-electron chi connectivity index (χ4n) is 2.18. The molecule has 15 heavy (non-hydrogen) atoms. The average Bonchev–Trinajstić information content (AvgIpc) is 2.16. The highest BCUT2D eigenvalue weighted by Crippen LogP contribution is 2.26. The van der Waals surface area contributed by atoms with Gasteiger partial charge in [-0.25, -0.2) is 8.78 Å². The second-order valence-corrected chi connectivity index (χ2v) is 4.25. The molecule has 1 N–H and O–H groups in total. The van der Waals surface area contributed by atoms with Crippen molar-refractivity contribution in [1.82, 2.24) is 5.32 Å². The molecule has 0 amide bonds. The van der Waals surface area contributed by atoms with Gasteiger partial charge >= 0.3 is 0 Å². The minimum Gasteiger partial charge on any atom is -0.307 e. The molecule has 1 saturated heterocycles. The Hall–Kier alpha value is -0.960. The first kappa shape index (κ1) is 10.6. The maximum atomic E-state index is 13.0. The van der Waals surface area contributed by atoms with Crippen molar-refractivity contribution in [2.45, 2.75) is 38.3 Å². The summed E-state index contributed by atoms with van der Waals surface area (Å²) < 4.78 is 26.0. The van der Waals surface area contributed by atoms with Crippen LogP contribution in [0.5, 0.6) is 0 Å². The summed E-state index contributed by atoms with van der Waals surface area (Å²) in [6.45, 7) is 2.10. The van der Waals surface area contributed by atoms with Crippen LogP contribution < -0.4 is 5.32 Å². The van der Waals surface area contributed by atoms with E-state index in [-0.39, 0.29) is 6.04 Å². The molecule has 2 rings (SSSR count). The van der Waals surface area contributed by atoms with Crippen LogP contribution in [0, 0.1) is 11.6 Å². The zero-order chi connectivity index (χ0) is 10.8. The summed E-state index contributed by atoms with van der Waals surface area (Å²) in [5.41, 5.74) is 0.721. The van der Waals surface area contributed by atoms with E-state index in [9.17, 15) is 8.78 Å². The molecule has 0 saturated carbocycles. The Morgan fingerprint density at radius 3 is 2.40 bits per heavy atom. The summed E-state index contributed by atoms with van der Waals surface area (Å²) >= 11 is 0. The molecular formula is C12H15F2N. The molecule has 1 aromatic rings. The molecule has 2 unspecified atom stereocenters. The van der Waals surface area contributed by atoms with E-state index in [2.05, 4.69) is 12.2 Å². The van der Waals surface area contributed by atoms with Gasteiger partial charge in [0.25, 0.3) is 0 Å². The van der Waals surface area contributed by atoms with Crippen LogP contribution in [0.2, 0.25) is 0 Å². The summed E-state index contributed by atoms with van der Waals surface area (Å²) in [6, 6.07) is 4.27. The molecule has 0 spiro atoms. The summed E-state index contributed by atoms with van der Waals surface area (Å²) in [6.07, 6.45) is 3.19. The van der Waals surface area contributed by atoms with Crippen molar-refractivity contribution in [3.05, 3.63) is 35.4 Å². The van der Waals surface area contributed by atoms with Gasteiger partial charge in [-0.15, -0.1) is 0 Å². The van der Waals surface area contributed by atoms with E-state index in [0.29, 0.717) is 6.04 Å². The van der Waals surface area contributed by atoms with E-state index in [1.165, 1.54) is 12.1 Å². The summed E-state index contributed by atoms with van der Waals surface area (Å²) in [5, 5.41) is 3.35. The van der Waals surface area contributed by atoms with Crippen LogP contribution in [0.1, 0.15) is 37.8 Å². The summed E-state index contributed by atoms with van der Waals surface area (Å²) in [4.78, 5) is 0. The average molecular weight is 211 g/mol. The number of hydrogen-bond acceptors (Lipinski definition) is 1. The van der Waals surface area contributed by atoms with Crippen LogP contribution in [-0.4, -0.2) is 6.04 Å². The van der Waals surface area contributed by atoms with Crippen LogP contribution in [0.25, 0.3) is 0 Å². The number of rotatable bonds is 1. The number of benzene rings is 1. The second-order valence-electron chi connectivity index (χ2n) is 4.25. The van der Waals surface area contributed by atoms with Gasteiger partial charge < -0.3 is 5.32 Å². The van der Waals surface area contributed by atoms with Gasteiger partial charge in [0.2, 0.25) is 0 Å². The van der Waals surface area contributed by atoms with Crippen LogP contribution in [0.3, 0.4) is 0 Å².